The van der Waals surface area contributed by atoms with Crippen LogP contribution in [0.4, 0.5) is 11.4 Å². The van der Waals surface area contributed by atoms with Crippen molar-refractivity contribution in [3.05, 3.63) is 87.5 Å². The average Bonchev–Trinajstić information content (AvgIpc) is 3.18. The van der Waals surface area contributed by atoms with Crippen LogP contribution >= 0.6 is 19.4 Å². The van der Waals surface area contributed by atoms with E-state index in [1.807, 2.05) is 32.0 Å². The van der Waals surface area contributed by atoms with Gasteiger partial charge in [-0.05, 0) is 0 Å². The van der Waals surface area contributed by atoms with E-state index in [1.54, 1.807) is 0 Å². The summed E-state index contributed by atoms with van der Waals surface area (Å²) in [6.07, 6.45) is 0.0650. The fourth-order valence-electron chi connectivity index (χ4n) is 5.69. The first-order valence-corrected chi connectivity index (χ1v) is 19.3. The predicted octanol–water partition coefficient (Wildman–Crippen LogP) is 8.25. The molecule has 4 rings (SSSR count). The number of nitrogens with zero attached hydrogens (tertiary/aromatic N) is 2. The van der Waals surface area contributed by atoms with Crippen LogP contribution in [-0.4, -0.2) is 28.6 Å². The van der Waals surface area contributed by atoms with Crippen molar-refractivity contribution < 1.29 is 17.1 Å². The molecule has 0 atom stereocenters. The fraction of sp³-hybridized carbons (Fsp3) is 0.387. The van der Waals surface area contributed by atoms with Crippen LogP contribution in [0.1, 0.15) is 52.8 Å². The first kappa shape index (κ1) is 28.1. The molecule has 0 aliphatic carbocycles. The van der Waals surface area contributed by atoms with Gasteiger partial charge < -0.3 is 0 Å². The Morgan fingerprint density at radius 3 is 1.65 bits per heavy atom. The zero-order valence-corrected chi connectivity index (χ0v) is 26.4. The van der Waals surface area contributed by atoms with Gasteiger partial charge in [-0.3, -0.25) is 0 Å². The maximum atomic E-state index is 7.59. The Morgan fingerprint density at radius 1 is 0.784 bits per heavy atom. The number of hydrogen-bond acceptors (Lipinski definition) is 3. The number of rotatable bonds is 6. The Kier molecular flexibility index (Phi) is 8.44. The second-order valence-corrected chi connectivity index (χ2v) is 20.2. The molecule has 0 aromatic heterocycles. The summed E-state index contributed by atoms with van der Waals surface area (Å²) < 4.78 is 8.11. The van der Waals surface area contributed by atoms with Crippen molar-refractivity contribution in [1.29, 1.82) is 0 Å². The van der Waals surface area contributed by atoms with Crippen molar-refractivity contribution >= 4 is 35.4 Å². The third-order valence-corrected chi connectivity index (χ3v) is 12.7. The Labute approximate surface area is 233 Å². The normalized spacial score (nSPS) is 15.0. The molecule has 0 radical (unpaired) electrons. The van der Waals surface area contributed by atoms with Gasteiger partial charge in [0.2, 0.25) is 0 Å². The van der Waals surface area contributed by atoms with Crippen LogP contribution in [-0.2, 0) is 12.3 Å². The van der Waals surface area contributed by atoms with Crippen LogP contribution in [0.5, 0.6) is 5.75 Å². The Balaban J connectivity index is 1.93. The summed E-state index contributed by atoms with van der Waals surface area (Å²) in [5.41, 5.74) is 11.0. The number of aryl methyl sites for hydroxylation is 6. The zero-order valence-electron chi connectivity index (χ0n) is 23.2. The molecule has 1 heterocycles. The second-order valence-electron chi connectivity index (χ2n) is 10.5. The zero-order chi connectivity index (χ0) is 27.1. The van der Waals surface area contributed by atoms with Crippen LogP contribution < -0.4 is 14.5 Å². The van der Waals surface area contributed by atoms with Gasteiger partial charge in [-0.2, -0.15) is 0 Å². The van der Waals surface area contributed by atoms with Gasteiger partial charge in [0.1, 0.15) is 0 Å². The Bertz CT molecular complexity index is 1250. The van der Waals surface area contributed by atoms with E-state index in [4.69, 9.17) is 24.1 Å². The first-order valence-electron chi connectivity index (χ1n) is 12.8. The van der Waals surface area contributed by atoms with Gasteiger partial charge in [0.05, 0.1) is 0 Å². The number of anilines is 2. The summed E-state index contributed by atoms with van der Waals surface area (Å²) in [5, 5.41) is 0. The van der Waals surface area contributed by atoms with Crippen LogP contribution in [0.15, 0.2) is 48.5 Å². The molecule has 0 unspecified atom stereocenters. The Morgan fingerprint density at radius 2 is 1.22 bits per heavy atom. The minimum atomic E-state index is -3.53. The molecule has 6 heteroatoms. The SMILES string of the molecule is Cc1cc(C)c(N2CCN(c3c(C)cc(C)cc3C)[CH]2[Ru]([Cl])([Cl])=[CH]c2ccccc2OC(C)C)c(C)c1. The predicted molar refractivity (Wildman–Crippen MR) is 159 cm³/mol. The molecule has 0 saturated carbocycles. The van der Waals surface area contributed by atoms with Crippen molar-refractivity contribution in [2.24, 2.45) is 0 Å². The molecular formula is C31H39Cl2N2ORu. The third-order valence-electron chi connectivity index (χ3n) is 6.70. The van der Waals surface area contributed by atoms with Gasteiger partial charge in [0, 0.05) is 0 Å². The number of hydrogen-bond donors (Lipinski definition) is 0. The fourth-order valence-corrected chi connectivity index (χ4v) is 12.4. The number of halogens is 2. The van der Waals surface area contributed by atoms with Crippen LogP contribution in [0.2, 0.25) is 0 Å². The molecule has 3 aromatic rings. The van der Waals surface area contributed by atoms with E-state index in [0.717, 1.165) is 24.4 Å². The van der Waals surface area contributed by atoms with E-state index in [9.17, 15) is 0 Å². The van der Waals surface area contributed by atoms with Crippen molar-refractivity contribution in [3.63, 3.8) is 0 Å². The molecule has 3 nitrogen and oxygen atoms in total. The monoisotopic (exact) mass is 627 g/mol. The molecule has 201 valence electrons. The summed E-state index contributed by atoms with van der Waals surface area (Å²) in [6.45, 7) is 18.9. The molecule has 37 heavy (non-hydrogen) atoms. The van der Waals surface area contributed by atoms with Crippen molar-refractivity contribution in [2.45, 2.75) is 66.3 Å². The van der Waals surface area contributed by atoms with E-state index in [0.29, 0.717) is 0 Å². The van der Waals surface area contributed by atoms with Crippen molar-refractivity contribution in [2.75, 3.05) is 22.9 Å². The minimum absolute atomic E-state index is 0.0650. The third kappa shape index (κ3) is 5.92. The molecule has 3 aromatic carbocycles. The molecule has 1 aliphatic heterocycles. The van der Waals surface area contributed by atoms with Gasteiger partial charge in [-0.15, -0.1) is 0 Å². The number of para-hydroxylation sites is 1. The summed E-state index contributed by atoms with van der Waals surface area (Å²) >= 11 is -3.53. The molecule has 0 amide bonds. The first-order chi connectivity index (χ1) is 17.4. The number of ether oxygens (including phenoxy) is 1. The van der Waals surface area contributed by atoms with Gasteiger partial charge >= 0.3 is 235 Å². The maximum absolute atomic E-state index is 7.59. The Hall–Kier alpha value is -1.87. The van der Waals surface area contributed by atoms with Gasteiger partial charge in [0.25, 0.3) is 0 Å². The summed E-state index contributed by atoms with van der Waals surface area (Å²) in [6, 6.07) is 17.1. The molecule has 1 aliphatic rings. The molecule has 1 fully saturated rings. The number of benzene rings is 3. The summed E-state index contributed by atoms with van der Waals surface area (Å²) in [7, 11) is 15.2. The quantitative estimate of drug-likeness (QED) is 0.256. The van der Waals surface area contributed by atoms with Gasteiger partial charge in [-0.25, -0.2) is 0 Å². The van der Waals surface area contributed by atoms with Crippen LogP contribution in [0.3, 0.4) is 0 Å². The van der Waals surface area contributed by atoms with E-state index >= 15 is 0 Å². The van der Waals surface area contributed by atoms with E-state index in [1.165, 1.54) is 44.8 Å². The summed E-state index contributed by atoms with van der Waals surface area (Å²) in [4.78, 5) is 4.94. The van der Waals surface area contributed by atoms with Crippen LogP contribution in [0, 0.1) is 41.5 Å². The van der Waals surface area contributed by atoms with E-state index < -0.39 is 12.3 Å². The van der Waals surface area contributed by atoms with Crippen molar-refractivity contribution in [3.8, 4) is 5.75 Å². The van der Waals surface area contributed by atoms with Gasteiger partial charge in [-0.1, -0.05) is 0 Å². The topological polar surface area (TPSA) is 15.7 Å². The molecule has 0 bridgehead atoms. The molecule has 0 spiro atoms. The van der Waals surface area contributed by atoms with E-state index in [2.05, 4.69) is 86.3 Å². The second kappa shape index (κ2) is 11.1. The standard InChI is InChI=1S/C21H27N2.C10H12O.2ClH.Ru/c1-14-9-16(3)20(17(4)10-14)22-7-8-23(13-22)21-18(5)11-15(2)12-19(21)6;1-8(2)11-10-7-5-4-6-9(10)3;;;/h9-13H,7-8H2,1-6H3;3-8H,1-2H3;2*1H;/q;;;;+2/p-2. The average molecular weight is 628 g/mol. The molecular weight excluding hydrogens is 588 g/mol. The summed E-state index contributed by atoms with van der Waals surface area (Å²) in [5.74, 6) is 0.825. The van der Waals surface area contributed by atoms with Gasteiger partial charge in [0.15, 0.2) is 0 Å². The van der Waals surface area contributed by atoms with Crippen LogP contribution in [0.25, 0.3) is 0 Å². The molecule has 1 saturated heterocycles. The molecule has 0 N–H and O–H groups in total. The van der Waals surface area contributed by atoms with E-state index in [-0.39, 0.29) is 10.9 Å². The van der Waals surface area contributed by atoms with Crippen molar-refractivity contribution in [1.82, 2.24) is 0 Å².